The van der Waals surface area contributed by atoms with Crippen LogP contribution in [0.25, 0.3) is 10.8 Å². The van der Waals surface area contributed by atoms with Gasteiger partial charge in [0.25, 0.3) is 0 Å². The summed E-state index contributed by atoms with van der Waals surface area (Å²) in [6.45, 7) is 0.591. The van der Waals surface area contributed by atoms with Crippen LogP contribution < -0.4 is 5.32 Å². The number of amidine groups is 1. The summed E-state index contributed by atoms with van der Waals surface area (Å²) in [7, 11) is 0. The van der Waals surface area contributed by atoms with Crippen molar-refractivity contribution in [3.8, 4) is 0 Å². The maximum Gasteiger partial charge on any atom is 0.133 e. The van der Waals surface area contributed by atoms with Crippen molar-refractivity contribution >= 4 is 22.3 Å². The molecule has 0 saturated heterocycles. The Bertz CT molecular complexity index is 802. The standard InChI is InChI=1S/C17H13N3/c1-2-10-18-13(7-1)11-19-17-14-8-3-5-12-6-4-9-15(20-17)16(12)14/h1-10H,11H2,(H,19,20). The number of hydrogen-bond acceptors (Lipinski definition) is 2. The van der Waals surface area contributed by atoms with Crippen molar-refractivity contribution in [3.05, 3.63) is 72.1 Å². The number of benzene rings is 2. The maximum absolute atomic E-state index is 4.68. The van der Waals surface area contributed by atoms with Gasteiger partial charge in [-0.25, -0.2) is 0 Å². The molecule has 0 unspecified atom stereocenters. The molecule has 0 aliphatic carbocycles. The molecule has 2 heterocycles. The first-order chi connectivity index (χ1) is 9.92. The Hall–Kier alpha value is -2.68. The van der Waals surface area contributed by atoms with Gasteiger partial charge in [-0.2, -0.15) is 0 Å². The van der Waals surface area contributed by atoms with Crippen LogP contribution in [0.3, 0.4) is 0 Å². The minimum absolute atomic E-state index is 0.591. The average Bonchev–Trinajstić information content (AvgIpc) is 2.87. The molecule has 0 fully saturated rings. The van der Waals surface area contributed by atoms with E-state index in [4.69, 9.17) is 0 Å². The van der Waals surface area contributed by atoms with Crippen molar-refractivity contribution in [3.63, 3.8) is 0 Å². The summed E-state index contributed by atoms with van der Waals surface area (Å²) < 4.78 is 0. The van der Waals surface area contributed by atoms with Gasteiger partial charge in [-0.3, -0.25) is 9.98 Å². The fourth-order valence-corrected chi connectivity index (χ4v) is 2.61. The second-order valence-corrected chi connectivity index (χ2v) is 4.82. The van der Waals surface area contributed by atoms with Crippen LogP contribution in [0.15, 0.2) is 65.8 Å². The maximum atomic E-state index is 4.68. The molecule has 1 N–H and O–H groups in total. The Kier molecular flexibility index (Phi) is 2.49. The molecule has 3 heteroatoms. The summed E-state index contributed by atoms with van der Waals surface area (Å²) in [4.78, 5) is 8.98. The summed E-state index contributed by atoms with van der Waals surface area (Å²) in [6, 6.07) is 18.5. The highest BCUT2D eigenvalue weighted by Gasteiger charge is 2.18. The zero-order chi connectivity index (χ0) is 13.4. The minimum Gasteiger partial charge on any atom is -0.339 e. The molecule has 1 aliphatic heterocycles. The van der Waals surface area contributed by atoms with E-state index < -0.39 is 0 Å². The monoisotopic (exact) mass is 259 g/mol. The molecule has 96 valence electrons. The molecule has 3 nitrogen and oxygen atoms in total. The van der Waals surface area contributed by atoms with Crippen molar-refractivity contribution in [2.75, 3.05) is 5.32 Å². The Morgan fingerprint density at radius 3 is 2.70 bits per heavy atom. The molecule has 0 saturated carbocycles. The Labute approximate surface area is 117 Å². The lowest BCUT2D eigenvalue weighted by molar-refractivity contribution is 0.990. The summed E-state index contributed by atoms with van der Waals surface area (Å²) in [5.74, 6) is 0.933. The normalized spacial score (nSPS) is 14.7. The van der Waals surface area contributed by atoms with Crippen LogP contribution in [0.5, 0.6) is 0 Å². The number of rotatable bonds is 2. The summed E-state index contributed by atoms with van der Waals surface area (Å²) in [5, 5.41) is 5.91. The highest BCUT2D eigenvalue weighted by atomic mass is 15.0. The highest BCUT2D eigenvalue weighted by molar-refractivity contribution is 6.25. The third kappa shape index (κ3) is 1.75. The second-order valence-electron chi connectivity index (χ2n) is 4.82. The van der Waals surface area contributed by atoms with E-state index in [0.717, 1.165) is 17.2 Å². The van der Waals surface area contributed by atoms with E-state index >= 15 is 0 Å². The third-order valence-electron chi connectivity index (χ3n) is 3.54. The molecule has 0 amide bonds. The highest BCUT2D eigenvalue weighted by Crippen LogP contribution is 2.33. The van der Waals surface area contributed by atoms with Crippen LogP contribution in [0.4, 0.5) is 5.69 Å². The second kappa shape index (κ2) is 4.46. The molecular formula is C17H13N3. The van der Waals surface area contributed by atoms with E-state index in [9.17, 15) is 0 Å². The number of aromatic nitrogens is 1. The van der Waals surface area contributed by atoms with E-state index in [0.29, 0.717) is 6.54 Å². The predicted molar refractivity (Wildman–Crippen MR) is 82.0 cm³/mol. The van der Waals surface area contributed by atoms with E-state index in [2.05, 4.69) is 51.7 Å². The van der Waals surface area contributed by atoms with Gasteiger partial charge in [-0.05, 0) is 23.6 Å². The summed E-state index contributed by atoms with van der Waals surface area (Å²) >= 11 is 0. The Morgan fingerprint density at radius 2 is 1.85 bits per heavy atom. The Balaban J connectivity index is 1.75. The average molecular weight is 259 g/mol. The zero-order valence-corrected chi connectivity index (χ0v) is 10.9. The van der Waals surface area contributed by atoms with E-state index in [-0.39, 0.29) is 0 Å². The number of nitrogens with zero attached hydrogens (tertiary/aromatic N) is 2. The van der Waals surface area contributed by atoms with Crippen LogP contribution in [-0.4, -0.2) is 10.8 Å². The number of hydrogen-bond donors (Lipinski definition) is 1. The van der Waals surface area contributed by atoms with Crippen molar-refractivity contribution in [2.24, 2.45) is 4.99 Å². The van der Waals surface area contributed by atoms with Crippen molar-refractivity contribution in [1.82, 2.24) is 4.98 Å². The number of pyridine rings is 1. The molecule has 0 atom stereocenters. The quantitative estimate of drug-likeness (QED) is 0.763. The van der Waals surface area contributed by atoms with Gasteiger partial charge in [0.15, 0.2) is 0 Å². The molecule has 2 aromatic carbocycles. The lowest BCUT2D eigenvalue weighted by atomic mass is 10.1. The van der Waals surface area contributed by atoms with Crippen molar-refractivity contribution < 1.29 is 0 Å². The lowest BCUT2D eigenvalue weighted by Crippen LogP contribution is -2.07. The van der Waals surface area contributed by atoms with E-state index in [1.807, 2.05) is 18.2 Å². The molecule has 0 spiro atoms. The molecular weight excluding hydrogens is 246 g/mol. The first kappa shape index (κ1) is 11.2. The fourth-order valence-electron chi connectivity index (χ4n) is 2.61. The first-order valence-electron chi connectivity index (χ1n) is 6.65. The van der Waals surface area contributed by atoms with Gasteiger partial charge in [0.1, 0.15) is 5.84 Å². The van der Waals surface area contributed by atoms with Crippen LogP contribution >= 0.6 is 0 Å². The van der Waals surface area contributed by atoms with Crippen molar-refractivity contribution in [2.45, 2.75) is 6.54 Å². The number of anilines is 1. The fraction of sp³-hybridized carbons (Fsp3) is 0.0588. The van der Waals surface area contributed by atoms with Gasteiger partial charge in [-0.15, -0.1) is 0 Å². The molecule has 4 rings (SSSR count). The summed E-state index contributed by atoms with van der Waals surface area (Å²) in [6.07, 6.45) is 1.80. The number of nitrogens with one attached hydrogen (secondary N) is 1. The van der Waals surface area contributed by atoms with Crippen LogP contribution in [0.2, 0.25) is 0 Å². The molecule has 1 aliphatic rings. The predicted octanol–water partition coefficient (Wildman–Crippen LogP) is 3.61. The molecule has 20 heavy (non-hydrogen) atoms. The molecule has 0 bridgehead atoms. The van der Waals surface area contributed by atoms with Crippen LogP contribution in [0, 0.1) is 0 Å². The third-order valence-corrected chi connectivity index (χ3v) is 3.54. The van der Waals surface area contributed by atoms with Gasteiger partial charge in [-0.1, -0.05) is 36.4 Å². The van der Waals surface area contributed by atoms with Crippen LogP contribution in [-0.2, 0) is 6.54 Å². The van der Waals surface area contributed by atoms with Crippen molar-refractivity contribution in [1.29, 1.82) is 0 Å². The van der Waals surface area contributed by atoms with E-state index in [1.54, 1.807) is 6.20 Å². The Morgan fingerprint density at radius 1 is 0.950 bits per heavy atom. The van der Waals surface area contributed by atoms with Gasteiger partial charge < -0.3 is 5.32 Å². The largest absolute Gasteiger partial charge is 0.339 e. The topological polar surface area (TPSA) is 37.3 Å². The zero-order valence-electron chi connectivity index (χ0n) is 10.9. The van der Waals surface area contributed by atoms with Gasteiger partial charge in [0.05, 0.1) is 12.2 Å². The number of aliphatic imine (C=N–C) groups is 1. The first-order valence-corrected chi connectivity index (χ1v) is 6.65. The lowest BCUT2D eigenvalue weighted by Gasteiger charge is -2.01. The molecule has 1 aromatic heterocycles. The van der Waals surface area contributed by atoms with Crippen LogP contribution in [0.1, 0.15) is 11.3 Å². The molecule has 3 aromatic rings. The minimum atomic E-state index is 0.591. The smallest absolute Gasteiger partial charge is 0.133 e. The summed E-state index contributed by atoms with van der Waals surface area (Å²) in [5.41, 5.74) is 3.29. The van der Waals surface area contributed by atoms with Gasteiger partial charge in [0.2, 0.25) is 0 Å². The van der Waals surface area contributed by atoms with E-state index in [1.165, 1.54) is 16.3 Å². The van der Waals surface area contributed by atoms with Gasteiger partial charge >= 0.3 is 0 Å². The molecule has 0 radical (unpaired) electrons. The van der Waals surface area contributed by atoms with Gasteiger partial charge in [0, 0.05) is 22.8 Å². The SMILES string of the molecule is c1ccc(CN=C2Nc3cccc4cccc2c34)nc1.